The Morgan fingerprint density at radius 3 is 0.824 bits per heavy atom. The van der Waals surface area contributed by atoms with Crippen LogP contribution in [-0.2, 0) is 59.6 Å². The molecule has 0 amide bonds. The van der Waals surface area contributed by atoms with Crippen LogP contribution in [0, 0.1) is 104 Å². The number of benzene rings is 3. The van der Waals surface area contributed by atoms with Crippen LogP contribution in [0.15, 0.2) is 0 Å². The minimum Gasteiger partial charge on any atom is -0.266 e. The molecular formula is C42H60O6S3. The molecule has 1 heterocycles. The maximum atomic E-state index is 15.4. The van der Waals surface area contributed by atoms with E-state index in [-0.39, 0.29) is 19.3 Å². The zero-order chi connectivity index (χ0) is 39.1. The summed E-state index contributed by atoms with van der Waals surface area (Å²) in [4.78, 5) is -4.00. The van der Waals surface area contributed by atoms with Gasteiger partial charge >= 0.3 is 0 Å². The topological polar surface area (TPSA) is 86.7 Å². The van der Waals surface area contributed by atoms with E-state index in [1.54, 1.807) is 6.92 Å². The Morgan fingerprint density at radius 2 is 0.588 bits per heavy atom. The summed E-state index contributed by atoms with van der Waals surface area (Å²) in [5.41, 5.74) is 18.6. The van der Waals surface area contributed by atoms with Gasteiger partial charge in [-0.15, -0.1) is 0 Å². The van der Waals surface area contributed by atoms with Crippen molar-refractivity contribution in [2.45, 2.75) is 158 Å². The monoisotopic (exact) mass is 756 g/mol. The molecule has 1 fully saturated rings. The predicted octanol–water partition coefficient (Wildman–Crippen LogP) is 9.28. The molecule has 282 valence electrons. The highest BCUT2D eigenvalue weighted by molar-refractivity contribution is 8.02. The Hall–Kier alpha value is -2.17. The van der Waals surface area contributed by atoms with E-state index in [4.69, 9.17) is 8.37 Å². The summed E-state index contributed by atoms with van der Waals surface area (Å²) in [5, 5.41) is 0. The van der Waals surface area contributed by atoms with Crippen molar-refractivity contribution in [2.24, 2.45) is 0 Å². The molecule has 4 unspecified atom stereocenters. The van der Waals surface area contributed by atoms with Gasteiger partial charge in [0.25, 0.3) is 0 Å². The van der Waals surface area contributed by atoms with Crippen LogP contribution in [0.2, 0.25) is 0 Å². The highest BCUT2D eigenvalue weighted by Crippen LogP contribution is 2.46. The maximum absolute atomic E-state index is 15.4. The van der Waals surface area contributed by atoms with Gasteiger partial charge in [0, 0.05) is 19.3 Å². The fourth-order valence-electron chi connectivity index (χ4n) is 7.96. The first-order valence-corrected chi connectivity index (χ1v) is 21.5. The van der Waals surface area contributed by atoms with Crippen molar-refractivity contribution in [3.05, 3.63) is 100 Å². The van der Waals surface area contributed by atoms with Crippen molar-refractivity contribution in [3.63, 3.8) is 0 Å². The largest absolute Gasteiger partial charge is 0.266 e. The highest BCUT2D eigenvalue weighted by Gasteiger charge is 2.61. The summed E-state index contributed by atoms with van der Waals surface area (Å²) in [6.07, 6.45) is 0.0137. The van der Waals surface area contributed by atoms with Gasteiger partial charge in [-0.1, -0.05) is 0 Å². The lowest BCUT2D eigenvalue weighted by atomic mass is 9.87. The zero-order valence-corrected chi connectivity index (χ0v) is 36.7. The van der Waals surface area contributed by atoms with Crippen molar-refractivity contribution in [2.75, 3.05) is 0 Å². The van der Waals surface area contributed by atoms with Crippen LogP contribution in [0.3, 0.4) is 0 Å². The minimum atomic E-state index is -4.51. The summed E-state index contributed by atoms with van der Waals surface area (Å²) in [6, 6.07) is 0. The number of rotatable bonds is 6. The Morgan fingerprint density at radius 1 is 0.392 bits per heavy atom. The smallest absolute Gasteiger partial charge is 0.212 e. The lowest BCUT2D eigenvalue weighted by Crippen LogP contribution is -2.60. The third-order valence-corrected chi connectivity index (χ3v) is 19.8. The molecule has 0 N–H and O–H groups in total. The molecule has 4 rings (SSSR count). The van der Waals surface area contributed by atoms with E-state index in [0.29, 0.717) is 0 Å². The van der Waals surface area contributed by atoms with E-state index >= 15 is 8.42 Å². The van der Waals surface area contributed by atoms with Gasteiger partial charge in [0.1, 0.15) is 0 Å². The van der Waals surface area contributed by atoms with Gasteiger partial charge in [0.2, 0.25) is 9.84 Å². The first-order valence-electron chi connectivity index (χ1n) is 17.8. The van der Waals surface area contributed by atoms with Gasteiger partial charge < -0.3 is 0 Å². The normalized spacial score (nSPS) is 26.6. The Kier molecular flexibility index (Phi) is 11.3. The average Bonchev–Trinajstić information content (AvgIpc) is 3.07. The number of hydrogen-bond acceptors (Lipinski definition) is 6. The number of sulfone groups is 1. The maximum Gasteiger partial charge on any atom is 0.212 e. The average molecular weight is 757 g/mol. The molecule has 4 atom stereocenters. The molecule has 6 nitrogen and oxygen atoms in total. The van der Waals surface area contributed by atoms with Crippen LogP contribution in [-0.4, -0.2) is 30.8 Å². The molecule has 0 spiro atoms. The fraction of sp³-hybridized carbons (Fsp3) is 0.571. The molecule has 0 radical (unpaired) electrons. The number of hydrogen-bond donors (Lipinski definition) is 0. The third-order valence-electron chi connectivity index (χ3n) is 13.3. The minimum absolute atomic E-state index is 0.0485. The second-order valence-corrected chi connectivity index (χ2v) is 21.9. The summed E-state index contributed by atoms with van der Waals surface area (Å²) >= 11 is -4.72. The predicted molar refractivity (Wildman–Crippen MR) is 214 cm³/mol. The summed E-state index contributed by atoms with van der Waals surface area (Å²) in [6.45, 7) is 35.4. The summed E-state index contributed by atoms with van der Waals surface area (Å²) < 4.78 is 71.8. The first-order chi connectivity index (χ1) is 23.2. The van der Waals surface area contributed by atoms with Crippen LogP contribution in [0.4, 0.5) is 0 Å². The van der Waals surface area contributed by atoms with E-state index in [1.165, 1.54) is 19.4 Å². The van der Waals surface area contributed by atoms with Gasteiger partial charge in [-0.05, 0) is 225 Å². The van der Waals surface area contributed by atoms with Crippen molar-refractivity contribution in [1.29, 1.82) is 0 Å². The quantitative estimate of drug-likeness (QED) is 0.249. The molecule has 3 aromatic carbocycles. The molecule has 1 aliphatic heterocycles. The second-order valence-electron chi connectivity index (χ2n) is 15.9. The third kappa shape index (κ3) is 6.45. The van der Waals surface area contributed by atoms with Gasteiger partial charge in [-0.2, -0.15) is 0 Å². The van der Waals surface area contributed by atoms with E-state index < -0.39 is 45.9 Å². The first kappa shape index (κ1) is 41.6. The summed E-state index contributed by atoms with van der Waals surface area (Å²) in [5.74, 6) is 0. The summed E-state index contributed by atoms with van der Waals surface area (Å²) in [7, 11) is -4.51. The molecule has 9 heteroatoms. The van der Waals surface area contributed by atoms with Gasteiger partial charge in [-0.3, -0.25) is 8.37 Å². The lowest BCUT2D eigenvalue weighted by Gasteiger charge is -2.44. The van der Waals surface area contributed by atoms with Crippen molar-refractivity contribution in [3.8, 4) is 0 Å². The van der Waals surface area contributed by atoms with Crippen molar-refractivity contribution in [1.82, 2.24) is 0 Å². The van der Waals surface area contributed by atoms with E-state index in [9.17, 15) is 8.42 Å². The van der Waals surface area contributed by atoms with Crippen molar-refractivity contribution < 1.29 is 25.2 Å². The molecule has 0 saturated carbocycles. The van der Waals surface area contributed by atoms with Crippen LogP contribution in [0.5, 0.6) is 0 Å². The van der Waals surface area contributed by atoms with Crippen LogP contribution in [0.1, 0.15) is 121 Å². The Labute approximate surface area is 313 Å². The van der Waals surface area contributed by atoms with Crippen molar-refractivity contribution >= 4 is 32.0 Å². The van der Waals surface area contributed by atoms with E-state index in [2.05, 4.69) is 34.6 Å². The van der Waals surface area contributed by atoms with E-state index in [1.807, 2.05) is 69.2 Å². The van der Waals surface area contributed by atoms with Crippen LogP contribution in [0.25, 0.3) is 0 Å². The van der Waals surface area contributed by atoms with Crippen LogP contribution >= 0.6 is 0 Å². The molecule has 0 aromatic heterocycles. The van der Waals surface area contributed by atoms with Crippen LogP contribution < -0.4 is 0 Å². The van der Waals surface area contributed by atoms with Gasteiger partial charge in [0.05, 0.1) is 0 Å². The van der Waals surface area contributed by atoms with Gasteiger partial charge in [0.15, 0.2) is 36.1 Å². The second kappa shape index (κ2) is 13.9. The zero-order valence-electron chi connectivity index (χ0n) is 34.3. The molecule has 3 aromatic rings. The standard InChI is InChI=1S/C42H60O6S3/c1-22-25(4)31(10)37(32(11)26(22)5)19-40(16)47-49(43)42(18,21-39-35(14)29(8)24(3)30(9)36(39)15)50(44)48-41(17,51(40,45)46)20-38-33(12)27(6)23(2)28(7)34(38)13/h19-21H2,1-18H3. The SMILES string of the molecule is Cc1c(C)c(C)c(CC2(C)S(=O)OC(C)(Cc3c(C)c(C)c(C)c(C)c3C)S(=O)(=O)C(C)(Cc3c(C)c(C)c(C)c(C)c3C)OS2=O)c(C)c1C. The molecular weight excluding hydrogens is 697 g/mol. The Balaban J connectivity index is 2.05. The molecule has 1 saturated heterocycles. The van der Waals surface area contributed by atoms with E-state index in [0.717, 1.165) is 94.6 Å². The Bertz CT molecular complexity index is 1930. The molecule has 1 aliphatic rings. The molecule has 0 aliphatic carbocycles. The van der Waals surface area contributed by atoms with Gasteiger partial charge in [-0.25, -0.2) is 16.8 Å². The fourth-order valence-corrected chi connectivity index (χ4v) is 12.9. The molecule has 51 heavy (non-hydrogen) atoms. The lowest BCUT2D eigenvalue weighted by molar-refractivity contribution is 0.138. The highest BCUT2D eigenvalue weighted by atomic mass is 32.3. The molecule has 0 bridgehead atoms.